The maximum absolute atomic E-state index is 13.6. The molecular weight excluding hydrogens is 457 g/mol. The molecule has 34 heavy (non-hydrogen) atoms. The largest absolute Gasteiger partial charge is 0.488 e. The van der Waals surface area contributed by atoms with Gasteiger partial charge in [0.2, 0.25) is 0 Å². The molecule has 1 aromatic heterocycles. The highest BCUT2D eigenvalue weighted by atomic mass is 35.5. The van der Waals surface area contributed by atoms with E-state index in [1.54, 1.807) is 6.07 Å². The Labute approximate surface area is 203 Å². The standard InChI is InChI=1S/C25H27ClFN5O2/c1-32(2)10-9-17(14-33)30-23-12-19-22(13-24(23)34-18-5-3-4-6-18)28-15-29-25(19)31-16-7-8-21(27)20(26)11-16/h7-9,11-15,18,30H,3-6,10H2,1-2H3,(H,28,29,31)/b17-9-. The van der Waals surface area contributed by atoms with Crippen molar-refractivity contribution in [2.45, 2.75) is 31.8 Å². The summed E-state index contributed by atoms with van der Waals surface area (Å²) in [7, 11) is 3.86. The first-order valence-corrected chi connectivity index (χ1v) is 11.6. The fourth-order valence-electron chi connectivity index (χ4n) is 3.84. The van der Waals surface area contributed by atoms with Crippen LogP contribution in [0, 0.1) is 5.82 Å². The number of nitrogens with zero attached hydrogens (tertiary/aromatic N) is 3. The number of allylic oxidation sites excluding steroid dienone is 1. The number of fused-ring (bicyclic) bond motifs is 1. The van der Waals surface area contributed by atoms with Crippen molar-refractivity contribution in [3.05, 3.63) is 59.3 Å². The average molecular weight is 484 g/mol. The number of anilines is 3. The molecule has 178 valence electrons. The smallest absolute Gasteiger partial charge is 0.165 e. The van der Waals surface area contributed by atoms with Crippen molar-refractivity contribution in [1.29, 1.82) is 0 Å². The minimum atomic E-state index is -0.495. The predicted molar refractivity (Wildman–Crippen MR) is 133 cm³/mol. The summed E-state index contributed by atoms with van der Waals surface area (Å²) in [6.45, 7) is 0.606. The molecule has 0 bridgehead atoms. The van der Waals surface area contributed by atoms with Crippen molar-refractivity contribution >= 4 is 46.0 Å². The number of hydrogen-bond acceptors (Lipinski definition) is 7. The molecule has 0 spiro atoms. The Morgan fingerprint density at radius 3 is 2.74 bits per heavy atom. The zero-order valence-electron chi connectivity index (χ0n) is 19.1. The fraction of sp³-hybridized carbons (Fsp3) is 0.320. The second kappa shape index (κ2) is 10.8. The van der Waals surface area contributed by atoms with E-state index in [0.29, 0.717) is 46.1 Å². The lowest BCUT2D eigenvalue weighted by Crippen LogP contribution is -2.15. The van der Waals surface area contributed by atoms with E-state index in [4.69, 9.17) is 16.3 Å². The van der Waals surface area contributed by atoms with Crippen LogP contribution in [0.15, 0.2) is 48.4 Å². The van der Waals surface area contributed by atoms with Gasteiger partial charge in [0.15, 0.2) is 6.29 Å². The molecule has 0 atom stereocenters. The van der Waals surface area contributed by atoms with Crippen LogP contribution in [-0.4, -0.2) is 47.9 Å². The Kier molecular flexibility index (Phi) is 7.59. The lowest BCUT2D eigenvalue weighted by Gasteiger charge is -2.19. The SMILES string of the molecule is CN(C)C/C=C(/C=O)Nc1cc2c(Nc3ccc(F)c(Cl)c3)ncnc2cc1OC1CCCC1. The van der Waals surface area contributed by atoms with Gasteiger partial charge in [-0.25, -0.2) is 14.4 Å². The monoisotopic (exact) mass is 483 g/mol. The van der Waals surface area contributed by atoms with Crippen LogP contribution in [-0.2, 0) is 4.79 Å². The quantitative estimate of drug-likeness (QED) is 0.305. The van der Waals surface area contributed by atoms with Gasteiger partial charge < -0.3 is 20.3 Å². The molecule has 4 rings (SSSR count). The van der Waals surface area contributed by atoms with Gasteiger partial charge in [-0.05, 0) is 70.1 Å². The molecule has 0 saturated heterocycles. The third-order valence-electron chi connectivity index (χ3n) is 5.60. The van der Waals surface area contributed by atoms with Crippen molar-refractivity contribution < 1.29 is 13.9 Å². The highest BCUT2D eigenvalue weighted by Gasteiger charge is 2.20. The summed E-state index contributed by atoms with van der Waals surface area (Å²) in [5.41, 5.74) is 2.34. The number of nitrogens with one attached hydrogen (secondary N) is 2. The molecule has 1 aliphatic carbocycles. The Morgan fingerprint density at radius 2 is 2.03 bits per heavy atom. The molecule has 0 amide bonds. The van der Waals surface area contributed by atoms with Crippen molar-refractivity contribution in [1.82, 2.24) is 14.9 Å². The molecule has 0 unspecified atom stereocenters. The van der Waals surface area contributed by atoms with Gasteiger partial charge in [0.05, 0.1) is 28.0 Å². The Morgan fingerprint density at radius 1 is 1.24 bits per heavy atom. The summed E-state index contributed by atoms with van der Waals surface area (Å²) in [6.07, 6.45) is 8.46. The number of rotatable bonds is 9. The zero-order valence-corrected chi connectivity index (χ0v) is 19.9. The number of aromatic nitrogens is 2. The molecule has 1 aliphatic rings. The van der Waals surface area contributed by atoms with Crippen LogP contribution < -0.4 is 15.4 Å². The molecule has 7 nitrogen and oxygen atoms in total. The summed E-state index contributed by atoms with van der Waals surface area (Å²) in [6, 6.07) is 8.09. The molecule has 2 aromatic carbocycles. The van der Waals surface area contributed by atoms with E-state index in [2.05, 4.69) is 20.6 Å². The minimum absolute atomic E-state index is 0.0135. The molecular formula is C25H27ClFN5O2. The maximum Gasteiger partial charge on any atom is 0.165 e. The van der Waals surface area contributed by atoms with Crippen LogP contribution in [0.3, 0.4) is 0 Å². The first-order valence-electron chi connectivity index (χ1n) is 11.2. The van der Waals surface area contributed by atoms with Crippen LogP contribution in [0.4, 0.5) is 21.6 Å². The number of carbonyl (C=O) groups excluding carboxylic acids is 1. The second-order valence-electron chi connectivity index (χ2n) is 8.53. The summed E-state index contributed by atoms with van der Waals surface area (Å²) in [5.74, 6) is 0.658. The van der Waals surface area contributed by atoms with Gasteiger partial charge in [-0.3, -0.25) is 4.79 Å². The van der Waals surface area contributed by atoms with Crippen molar-refractivity contribution in [2.24, 2.45) is 0 Å². The van der Waals surface area contributed by atoms with Crippen LogP contribution in [0.1, 0.15) is 25.7 Å². The van der Waals surface area contributed by atoms with E-state index in [9.17, 15) is 9.18 Å². The Balaban J connectivity index is 1.74. The molecule has 0 radical (unpaired) electrons. The molecule has 1 fully saturated rings. The van der Waals surface area contributed by atoms with Gasteiger partial charge in [0.25, 0.3) is 0 Å². The van der Waals surface area contributed by atoms with E-state index < -0.39 is 5.82 Å². The third-order valence-corrected chi connectivity index (χ3v) is 5.89. The van der Waals surface area contributed by atoms with Gasteiger partial charge in [-0.2, -0.15) is 0 Å². The van der Waals surface area contributed by atoms with Gasteiger partial charge in [0, 0.05) is 23.7 Å². The fourth-order valence-corrected chi connectivity index (χ4v) is 4.02. The first-order chi connectivity index (χ1) is 16.4. The van der Waals surface area contributed by atoms with Crippen molar-refractivity contribution in [3.63, 3.8) is 0 Å². The number of hydrogen-bond donors (Lipinski definition) is 2. The number of aldehydes is 1. The molecule has 9 heteroatoms. The highest BCUT2D eigenvalue weighted by Crippen LogP contribution is 2.36. The Hall–Kier alpha value is -3.23. The molecule has 1 heterocycles. The number of halogens is 2. The normalized spacial score (nSPS) is 14.6. The zero-order chi connectivity index (χ0) is 24.1. The maximum atomic E-state index is 13.6. The minimum Gasteiger partial charge on any atom is -0.488 e. The first kappa shape index (κ1) is 23.9. The number of ether oxygens (including phenoxy) is 1. The predicted octanol–water partition coefficient (Wildman–Crippen LogP) is 5.54. The molecule has 3 aromatic rings. The molecule has 1 saturated carbocycles. The van der Waals surface area contributed by atoms with Gasteiger partial charge in [-0.1, -0.05) is 11.6 Å². The third kappa shape index (κ3) is 5.81. The van der Waals surface area contributed by atoms with Crippen LogP contribution >= 0.6 is 11.6 Å². The van der Waals surface area contributed by atoms with Crippen LogP contribution in [0.5, 0.6) is 5.75 Å². The van der Waals surface area contributed by atoms with Gasteiger partial charge in [-0.15, -0.1) is 0 Å². The van der Waals surface area contributed by atoms with Gasteiger partial charge in [0.1, 0.15) is 23.7 Å². The van der Waals surface area contributed by atoms with Gasteiger partial charge >= 0.3 is 0 Å². The molecule has 2 N–H and O–H groups in total. The average Bonchev–Trinajstić information content (AvgIpc) is 3.32. The van der Waals surface area contributed by atoms with E-state index in [-0.39, 0.29) is 11.1 Å². The van der Waals surface area contributed by atoms with E-state index >= 15 is 0 Å². The lowest BCUT2D eigenvalue weighted by molar-refractivity contribution is -0.104. The van der Waals surface area contributed by atoms with E-state index in [1.807, 2.05) is 37.2 Å². The van der Waals surface area contributed by atoms with E-state index in [1.165, 1.54) is 18.5 Å². The number of carbonyl (C=O) groups is 1. The Bertz CT molecular complexity index is 1210. The van der Waals surface area contributed by atoms with Crippen molar-refractivity contribution in [3.8, 4) is 5.75 Å². The summed E-state index contributed by atoms with van der Waals surface area (Å²) in [4.78, 5) is 22.5. The number of likely N-dealkylation sites (N-methyl/N-ethyl adjacent to an activating group) is 1. The summed E-state index contributed by atoms with van der Waals surface area (Å²) < 4.78 is 19.9. The second-order valence-corrected chi connectivity index (χ2v) is 8.94. The lowest BCUT2D eigenvalue weighted by atomic mass is 10.1. The van der Waals surface area contributed by atoms with Crippen LogP contribution in [0.2, 0.25) is 5.02 Å². The van der Waals surface area contributed by atoms with Crippen LogP contribution in [0.25, 0.3) is 10.9 Å². The van der Waals surface area contributed by atoms with Crippen molar-refractivity contribution in [2.75, 3.05) is 31.3 Å². The summed E-state index contributed by atoms with van der Waals surface area (Å²) in [5, 5.41) is 7.12. The summed E-state index contributed by atoms with van der Waals surface area (Å²) >= 11 is 5.93. The van der Waals surface area contributed by atoms with E-state index in [0.717, 1.165) is 32.0 Å². The highest BCUT2D eigenvalue weighted by molar-refractivity contribution is 6.31. The topological polar surface area (TPSA) is 79.4 Å². The number of benzene rings is 2. The molecule has 0 aliphatic heterocycles.